The number of hydrogen-bond acceptors (Lipinski definition) is 8. The molecule has 0 radical (unpaired) electrons. The summed E-state index contributed by atoms with van der Waals surface area (Å²) < 4.78 is 46.6. The standard InChI is InChI=1S/C23H28F3N9O3/c1-23(25,26)38-18-6-4-5-16(9-18)10-27-22(37)19-13-34(31-29-19)7-2-3-8-35-14-20(30-32-35)28-21(36)15-33-11-17(24)12-33/h4-6,9,13-14,17H,2-3,7-8,10-12,15H2,1H3,(H,27,37)(H,28,36). The van der Waals surface area contributed by atoms with Crippen molar-refractivity contribution in [3.05, 3.63) is 47.9 Å². The lowest BCUT2D eigenvalue weighted by molar-refractivity contribution is -0.159. The van der Waals surface area contributed by atoms with Crippen molar-refractivity contribution in [1.82, 2.24) is 40.2 Å². The number of alkyl halides is 3. The Morgan fingerprint density at radius 1 is 1.11 bits per heavy atom. The fourth-order valence-corrected chi connectivity index (χ4v) is 3.74. The van der Waals surface area contributed by atoms with E-state index in [1.165, 1.54) is 18.3 Å². The molecule has 38 heavy (non-hydrogen) atoms. The second-order valence-electron chi connectivity index (χ2n) is 9.02. The second kappa shape index (κ2) is 12.0. The molecule has 2 amide bonds. The Morgan fingerprint density at radius 2 is 1.82 bits per heavy atom. The molecule has 1 aromatic carbocycles. The summed E-state index contributed by atoms with van der Waals surface area (Å²) in [7, 11) is 0. The highest BCUT2D eigenvalue weighted by molar-refractivity contribution is 5.92. The average molecular weight is 536 g/mol. The minimum absolute atomic E-state index is 0.00153. The third-order valence-corrected chi connectivity index (χ3v) is 5.53. The topological polar surface area (TPSA) is 132 Å². The maximum absolute atomic E-state index is 13.0. The molecule has 2 N–H and O–H groups in total. The number of aryl methyl sites for hydroxylation is 2. The summed E-state index contributed by atoms with van der Waals surface area (Å²) in [6.07, 6.45) is 0.451. The van der Waals surface area contributed by atoms with Gasteiger partial charge in [0, 0.05) is 39.6 Å². The van der Waals surface area contributed by atoms with Crippen LogP contribution in [0.1, 0.15) is 35.8 Å². The van der Waals surface area contributed by atoms with Gasteiger partial charge in [0.25, 0.3) is 5.91 Å². The number of carbonyl (C=O) groups excluding carboxylic acids is 2. The molecular formula is C23H28F3N9O3. The van der Waals surface area contributed by atoms with Crippen molar-refractivity contribution >= 4 is 17.6 Å². The first-order valence-corrected chi connectivity index (χ1v) is 12.0. The number of likely N-dealkylation sites (tertiary alicyclic amines) is 1. The van der Waals surface area contributed by atoms with Crippen molar-refractivity contribution in [3.8, 4) is 5.75 Å². The fourth-order valence-electron chi connectivity index (χ4n) is 3.74. The third-order valence-electron chi connectivity index (χ3n) is 5.53. The minimum Gasteiger partial charge on any atom is -0.433 e. The average Bonchev–Trinajstić information content (AvgIpc) is 3.48. The number of anilines is 1. The number of amides is 2. The van der Waals surface area contributed by atoms with Crippen molar-refractivity contribution in [2.24, 2.45) is 0 Å². The van der Waals surface area contributed by atoms with Crippen molar-refractivity contribution in [2.75, 3.05) is 25.0 Å². The van der Waals surface area contributed by atoms with Crippen LogP contribution in [0.15, 0.2) is 36.7 Å². The van der Waals surface area contributed by atoms with Gasteiger partial charge >= 0.3 is 6.11 Å². The molecule has 12 nitrogen and oxygen atoms in total. The zero-order valence-electron chi connectivity index (χ0n) is 20.7. The van der Waals surface area contributed by atoms with E-state index >= 15 is 0 Å². The highest BCUT2D eigenvalue weighted by Gasteiger charge is 2.27. The molecule has 3 heterocycles. The summed E-state index contributed by atoms with van der Waals surface area (Å²) in [5, 5.41) is 21.1. The number of nitrogens with zero attached hydrogens (tertiary/aromatic N) is 7. The molecule has 1 aliphatic heterocycles. The Balaban J connectivity index is 1.14. The zero-order valence-corrected chi connectivity index (χ0v) is 20.7. The highest BCUT2D eigenvalue weighted by atomic mass is 19.3. The number of nitrogens with one attached hydrogen (secondary N) is 2. The molecule has 3 aromatic rings. The van der Waals surface area contributed by atoms with E-state index < -0.39 is 18.2 Å². The summed E-state index contributed by atoms with van der Waals surface area (Å²) in [5.74, 6) is -0.374. The molecule has 4 rings (SSSR count). The van der Waals surface area contributed by atoms with Crippen LogP contribution in [0.2, 0.25) is 0 Å². The second-order valence-corrected chi connectivity index (χ2v) is 9.02. The number of unbranched alkanes of at least 4 members (excludes halogenated alkanes) is 1. The normalized spacial score (nSPS) is 14.2. The minimum atomic E-state index is -3.30. The van der Waals surface area contributed by atoms with Crippen LogP contribution in [0, 0.1) is 0 Å². The molecule has 0 saturated carbocycles. The monoisotopic (exact) mass is 535 g/mol. The molecular weight excluding hydrogens is 507 g/mol. The molecule has 1 saturated heterocycles. The Labute approximate surface area is 216 Å². The van der Waals surface area contributed by atoms with Gasteiger partial charge in [0.2, 0.25) is 5.91 Å². The Kier molecular flexibility index (Phi) is 8.55. The lowest BCUT2D eigenvalue weighted by Crippen LogP contribution is -2.51. The smallest absolute Gasteiger partial charge is 0.394 e. The number of benzene rings is 1. The molecule has 2 aromatic heterocycles. The van der Waals surface area contributed by atoms with Crippen molar-refractivity contribution in [3.63, 3.8) is 0 Å². The first-order valence-electron chi connectivity index (χ1n) is 12.0. The van der Waals surface area contributed by atoms with Gasteiger partial charge in [0.1, 0.15) is 11.9 Å². The number of rotatable bonds is 13. The highest BCUT2D eigenvalue weighted by Crippen LogP contribution is 2.21. The lowest BCUT2D eigenvalue weighted by atomic mass is 10.2. The SMILES string of the molecule is CC(F)(F)Oc1cccc(CNC(=O)c2cn(CCCCn3cc(NC(=O)CN4CC(F)C4)nn3)nn2)c1. The predicted octanol–water partition coefficient (Wildman–Crippen LogP) is 1.86. The molecule has 15 heteroatoms. The molecule has 204 valence electrons. The van der Waals surface area contributed by atoms with Crippen LogP contribution < -0.4 is 15.4 Å². The Bertz CT molecular complexity index is 1240. The van der Waals surface area contributed by atoms with Gasteiger partial charge in [0.15, 0.2) is 11.5 Å². The number of carbonyl (C=O) groups is 2. The van der Waals surface area contributed by atoms with Crippen LogP contribution in [0.25, 0.3) is 0 Å². The fraction of sp³-hybridized carbons (Fsp3) is 0.478. The zero-order chi connectivity index (χ0) is 27.1. The summed E-state index contributed by atoms with van der Waals surface area (Å²) >= 11 is 0. The summed E-state index contributed by atoms with van der Waals surface area (Å²) in [6.45, 7) is 2.50. The third kappa shape index (κ3) is 8.26. The largest absolute Gasteiger partial charge is 0.433 e. The molecule has 1 aliphatic rings. The van der Waals surface area contributed by atoms with Crippen LogP contribution in [-0.4, -0.2) is 78.6 Å². The van der Waals surface area contributed by atoms with Crippen LogP contribution in [-0.2, 0) is 24.4 Å². The number of hydrogen-bond donors (Lipinski definition) is 2. The number of ether oxygens (including phenoxy) is 1. The quantitative estimate of drug-likeness (QED) is 0.317. The van der Waals surface area contributed by atoms with Crippen LogP contribution >= 0.6 is 0 Å². The van der Waals surface area contributed by atoms with E-state index in [1.54, 1.807) is 32.6 Å². The number of aromatic nitrogens is 6. The van der Waals surface area contributed by atoms with Crippen LogP contribution in [0.3, 0.4) is 0 Å². The van der Waals surface area contributed by atoms with Gasteiger partial charge in [-0.15, -0.1) is 10.2 Å². The van der Waals surface area contributed by atoms with Gasteiger partial charge in [-0.3, -0.25) is 23.9 Å². The first kappa shape index (κ1) is 27.0. The van der Waals surface area contributed by atoms with E-state index in [0.717, 1.165) is 12.8 Å². The van der Waals surface area contributed by atoms with Gasteiger partial charge in [0.05, 0.1) is 18.9 Å². The van der Waals surface area contributed by atoms with E-state index in [2.05, 4.69) is 36.0 Å². The lowest BCUT2D eigenvalue weighted by Gasteiger charge is -2.33. The van der Waals surface area contributed by atoms with Gasteiger partial charge in [-0.05, 0) is 30.5 Å². The molecule has 0 spiro atoms. The van der Waals surface area contributed by atoms with Gasteiger partial charge in [-0.2, -0.15) is 8.78 Å². The molecule has 0 bridgehead atoms. The maximum Gasteiger partial charge on any atom is 0.394 e. The van der Waals surface area contributed by atoms with Gasteiger partial charge < -0.3 is 15.4 Å². The Hall–Kier alpha value is -4.01. The van der Waals surface area contributed by atoms with Crippen molar-refractivity contribution < 1.29 is 27.5 Å². The van der Waals surface area contributed by atoms with Crippen molar-refractivity contribution in [1.29, 1.82) is 0 Å². The maximum atomic E-state index is 13.0. The van der Waals surface area contributed by atoms with E-state index in [1.807, 2.05) is 0 Å². The van der Waals surface area contributed by atoms with Crippen LogP contribution in [0.5, 0.6) is 5.75 Å². The van der Waals surface area contributed by atoms with Gasteiger partial charge in [-0.1, -0.05) is 22.6 Å². The van der Waals surface area contributed by atoms with Crippen LogP contribution in [0.4, 0.5) is 19.0 Å². The van der Waals surface area contributed by atoms with E-state index in [4.69, 9.17) is 0 Å². The van der Waals surface area contributed by atoms with Crippen molar-refractivity contribution in [2.45, 2.75) is 51.7 Å². The molecule has 0 unspecified atom stereocenters. The summed E-state index contributed by atoms with van der Waals surface area (Å²) in [4.78, 5) is 26.0. The van der Waals surface area contributed by atoms with E-state index in [-0.39, 0.29) is 43.5 Å². The molecule has 0 aliphatic carbocycles. The molecule has 0 atom stereocenters. The summed E-state index contributed by atoms with van der Waals surface area (Å²) in [6, 6.07) is 6.08. The Morgan fingerprint density at radius 3 is 2.53 bits per heavy atom. The predicted molar refractivity (Wildman–Crippen MR) is 128 cm³/mol. The van der Waals surface area contributed by atoms with E-state index in [9.17, 15) is 22.8 Å². The van der Waals surface area contributed by atoms with E-state index in [0.29, 0.717) is 31.4 Å². The van der Waals surface area contributed by atoms with Gasteiger partial charge in [-0.25, -0.2) is 4.39 Å². The molecule has 1 fully saturated rings. The summed E-state index contributed by atoms with van der Waals surface area (Å²) in [5.41, 5.74) is 0.726. The first-order chi connectivity index (χ1) is 18.1. The number of halogens is 3.